The molecule has 0 N–H and O–H groups in total. The molecule has 0 aliphatic rings. The lowest BCUT2D eigenvalue weighted by Gasteiger charge is -2.08. The minimum atomic E-state index is -0.0450. The van der Waals surface area contributed by atoms with Gasteiger partial charge in [-0.15, -0.1) is 0 Å². The van der Waals surface area contributed by atoms with Crippen LogP contribution in [0.4, 0.5) is 0 Å². The van der Waals surface area contributed by atoms with Crippen LogP contribution in [0.1, 0.15) is 22.8 Å². The van der Waals surface area contributed by atoms with E-state index in [1.807, 2.05) is 25.1 Å². The van der Waals surface area contributed by atoms with Crippen LogP contribution in [0.3, 0.4) is 0 Å². The Balaban J connectivity index is 1.82. The molecule has 0 saturated carbocycles. The van der Waals surface area contributed by atoms with Gasteiger partial charge in [0.1, 0.15) is 22.6 Å². The Hall–Kier alpha value is -3.04. The van der Waals surface area contributed by atoms with E-state index < -0.39 is 0 Å². The monoisotopic (exact) mass is 378 g/mol. The van der Waals surface area contributed by atoms with Gasteiger partial charge in [0.25, 0.3) is 0 Å². The number of hydrogen-bond acceptors (Lipinski definition) is 6. The molecule has 0 saturated heterocycles. The van der Waals surface area contributed by atoms with E-state index >= 15 is 0 Å². The molecule has 1 aromatic heterocycles. The second-order valence-corrected chi connectivity index (χ2v) is 6.65. The third-order valence-corrected chi connectivity index (χ3v) is 4.91. The Labute approximate surface area is 161 Å². The smallest absolute Gasteiger partial charge is 0.173 e. The number of benzene rings is 2. The van der Waals surface area contributed by atoms with E-state index in [1.165, 1.54) is 11.8 Å². The van der Waals surface area contributed by atoms with Crippen molar-refractivity contribution in [1.29, 1.82) is 5.26 Å². The minimum Gasteiger partial charge on any atom is -0.497 e. The molecule has 5 nitrogen and oxygen atoms in total. The lowest BCUT2D eigenvalue weighted by molar-refractivity contribution is 0.102. The highest BCUT2D eigenvalue weighted by atomic mass is 32.2. The number of nitriles is 1. The first-order chi connectivity index (χ1) is 13.1. The molecule has 0 amide bonds. The number of fused-ring (bicyclic) bond motifs is 1. The average Bonchev–Trinajstić information content (AvgIpc) is 2.71. The molecular formula is C21H18N2O3S. The van der Waals surface area contributed by atoms with Crippen LogP contribution in [0.5, 0.6) is 11.5 Å². The normalized spacial score (nSPS) is 10.4. The van der Waals surface area contributed by atoms with Crippen molar-refractivity contribution in [2.45, 2.75) is 11.9 Å². The number of pyridine rings is 1. The van der Waals surface area contributed by atoms with Crippen LogP contribution >= 0.6 is 11.8 Å². The molecular weight excluding hydrogens is 360 g/mol. The lowest BCUT2D eigenvalue weighted by atomic mass is 10.1. The van der Waals surface area contributed by atoms with Crippen molar-refractivity contribution >= 4 is 28.4 Å². The van der Waals surface area contributed by atoms with Gasteiger partial charge in [-0.1, -0.05) is 23.9 Å². The van der Waals surface area contributed by atoms with E-state index in [0.717, 1.165) is 16.7 Å². The van der Waals surface area contributed by atoms with Crippen molar-refractivity contribution in [3.63, 3.8) is 0 Å². The van der Waals surface area contributed by atoms with E-state index in [4.69, 9.17) is 9.47 Å². The van der Waals surface area contributed by atoms with Gasteiger partial charge in [-0.05, 0) is 43.3 Å². The third-order valence-electron chi connectivity index (χ3n) is 3.91. The van der Waals surface area contributed by atoms with Crippen LogP contribution in [0.25, 0.3) is 10.9 Å². The number of Topliss-reactive ketones (excluding diaryl/α,β-unsaturated/α-hetero) is 1. The maximum Gasteiger partial charge on any atom is 0.173 e. The van der Waals surface area contributed by atoms with Gasteiger partial charge in [-0.3, -0.25) is 4.79 Å². The summed E-state index contributed by atoms with van der Waals surface area (Å²) < 4.78 is 10.6. The molecule has 0 fully saturated rings. The van der Waals surface area contributed by atoms with Crippen molar-refractivity contribution in [1.82, 2.24) is 4.98 Å². The Morgan fingerprint density at radius 2 is 2.04 bits per heavy atom. The fourth-order valence-electron chi connectivity index (χ4n) is 2.60. The van der Waals surface area contributed by atoms with E-state index in [-0.39, 0.29) is 11.5 Å². The summed E-state index contributed by atoms with van der Waals surface area (Å²) in [5, 5.41) is 10.8. The summed E-state index contributed by atoms with van der Waals surface area (Å²) in [7, 11) is 1.56. The predicted molar refractivity (Wildman–Crippen MR) is 106 cm³/mol. The van der Waals surface area contributed by atoms with Gasteiger partial charge in [0, 0.05) is 10.9 Å². The number of ether oxygens (including phenoxy) is 2. The van der Waals surface area contributed by atoms with Gasteiger partial charge < -0.3 is 9.47 Å². The van der Waals surface area contributed by atoms with Crippen LogP contribution in [0.2, 0.25) is 0 Å². The maximum absolute atomic E-state index is 12.5. The highest BCUT2D eigenvalue weighted by Crippen LogP contribution is 2.28. The number of aromatic nitrogens is 1. The first-order valence-corrected chi connectivity index (χ1v) is 9.41. The van der Waals surface area contributed by atoms with Crippen LogP contribution < -0.4 is 9.47 Å². The molecule has 3 aromatic rings. The van der Waals surface area contributed by atoms with Crippen LogP contribution in [-0.2, 0) is 0 Å². The van der Waals surface area contributed by atoms with E-state index in [1.54, 1.807) is 37.4 Å². The van der Waals surface area contributed by atoms with Crippen molar-refractivity contribution in [3.8, 4) is 17.6 Å². The number of hydrogen-bond donors (Lipinski definition) is 0. The molecule has 0 bridgehead atoms. The fourth-order valence-corrected chi connectivity index (χ4v) is 3.45. The summed E-state index contributed by atoms with van der Waals surface area (Å²) >= 11 is 1.26. The molecule has 27 heavy (non-hydrogen) atoms. The first kappa shape index (κ1) is 18.7. The zero-order valence-corrected chi connectivity index (χ0v) is 15.9. The number of carbonyl (C=O) groups is 1. The largest absolute Gasteiger partial charge is 0.497 e. The van der Waals surface area contributed by atoms with Crippen LogP contribution in [0.15, 0.2) is 53.6 Å². The first-order valence-electron chi connectivity index (χ1n) is 8.42. The summed E-state index contributed by atoms with van der Waals surface area (Å²) in [5.74, 6) is 1.52. The minimum absolute atomic E-state index is 0.0450. The Bertz CT molecular complexity index is 1030. The van der Waals surface area contributed by atoms with Gasteiger partial charge >= 0.3 is 0 Å². The number of nitrogens with zero attached hydrogens (tertiary/aromatic N) is 2. The van der Waals surface area contributed by atoms with E-state index in [2.05, 4.69) is 11.1 Å². The summed E-state index contributed by atoms with van der Waals surface area (Å²) in [6.07, 6.45) is 0. The second kappa shape index (κ2) is 8.56. The number of methoxy groups -OCH3 is 1. The fraction of sp³-hybridized carbons (Fsp3) is 0.190. The van der Waals surface area contributed by atoms with E-state index in [9.17, 15) is 10.1 Å². The van der Waals surface area contributed by atoms with E-state index in [0.29, 0.717) is 28.5 Å². The second-order valence-electron chi connectivity index (χ2n) is 5.68. The lowest BCUT2D eigenvalue weighted by Crippen LogP contribution is -2.03. The average molecular weight is 378 g/mol. The van der Waals surface area contributed by atoms with Gasteiger partial charge in [0.15, 0.2) is 5.78 Å². The summed E-state index contributed by atoms with van der Waals surface area (Å²) in [4.78, 5) is 17.0. The van der Waals surface area contributed by atoms with Crippen LogP contribution in [-0.4, -0.2) is 30.2 Å². The Morgan fingerprint density at radius 1 is 1.19 bits per heavy atom. The SMILES string of the molecule is CCOc1ccc2nc(SCC(=O)c3cccc(OC)c3)c(C#N)cc2c1. The molecule has 0 atom stereocenters. The molecule has 2 aromatic carbocycles. The maximum atomic E-state index is 12.5. The molecule has 1 heterocycles. The zero-order chi connectivity index (χ0) is 19.2. The third kappa shape index (κ3) is 4.39. The summed E-state index contributed by atoms with van der Waals surface area (Å²) in [6.45, 7) is 2.49. The highest BCUT2D eigenvalue weighted by Gasteiger charge is 2.13. The highest BCUT2D eigenvalue weighted by molar-refractivity contribution is 8.00. The molecule has 3 rings (SSSR count). The standard InChI is InChI=1S/C21H18N2O3S/c1-3-26-18-7-8-19-15(11-18)9-16(12-22)21(23-19)27-13-20(24)14-5-4-6-17(10-14)25-2/h4-11H,3,13H2,1-2H3. The Kier molecular flexibility index (Phi) is 5.94. The molecule has 0 spiro atoms. The van der Waals surface area contributed by atoms with Gasteiger partial charge in [0.05, 0.1) is 30.5 Å². The number of ketones is 1. The van der Waals surface area contributed by atoms with Crippen molar-refractivity contribution < 1.29 is 14.3 Å². The van der Waals surface area contributed by atoms with Crippen molar-refractivity contribution in [2.75, 3.05) is 19.5 Å². The Morgan fingerprint density at radius 3 is 2.78 bits per heavy atom. The molecule has 0 aliphatic carbocycles. The van der Waals surface area contributed by atoms with Crippen LogP contribution in [0, 0.1) is 11.3 Å². The molecule has 0 unspecified atom stereocenters. The van der Waals surface area contributed by atoms with Gasteiger partial charge in [0.2, 0.25) is 0 Å². The zero-order valence-electron chi connectivity index (χ0n) is 15.1. The number of carbonyl (C=O) groups excluding carboxylic acids is 1. The molecule has 6 heteroatoms. The van der Waals surface area contributed by atoms with Crippen molar-refractivity contribution in [2.24, 2.45) is 0 Å². The number of rotatable bonds is 7. The molecule has 0 radical (unpaired) electrons. The summed E-state index contributed by atoms with van der Waals surface area (Å²) in [6, 6.07) is 16.5. The van der Waals surface area contributed by atoms with Gasteiger partial charge in [-0.25, -0.2) is 4.98 Å². The molecule has 0 aliphatic heterocycles. The van der Waals surface area contributed by atoms with Gasteiger partial charge in [-0.2, -0.15) is 5.26 Å². The topological polar surface area (TPSA) is 72.2 Å². The van der Waals surface area contributed by atoms with Crippen molar-refractivity contribution in [3.05, 3.63) is 59.7 Å². The predicted octanol–water partition coefficient (Wildman–Crippen LogP) is 4.49. The quantitative estimate of drug-likeness (QED) is 0.446. The number of thioether (sulfide) groups is 1. The molecule has 136 valence electrons. The summed E-state index contributed by atoms with van der Waals surface area (Å²) in [5.41, 5.74) is 1.77.